The molecular formula is C18H23N7O2. The van der Waals surface area contributed by atoms with Crippen molar-refractivity contribution in [3.05, 3.63) is 43.0 Å². The molecule has 0 aromatic carbocycles. The molecule has 4 N–H and O–H groups in total. The van der Waals surface area contributed by atoms with Crippen LogP contribution in [0.5, 0.6) is 0 Å². The molecule has 3 rings (SSSR count). The Morgan fingerprint density at radius 3 is 2.85 bits per heavy atom. The number of hydrogen-bond donors (Lipinski definition) is 3. The number of aryl methyl sites for hydroxylation is 1. The lowest BCUT2D eigenvalue weighted by Crippen LogP contribution is -2.39. The Hall–Kier alpha value is -3.36. The zero-order valence-electron chi connectivity index (χ0n) is 15.3. The van der Waals surface area contributed by atoms with E-state index in [0.29, 0.717) is 12.4 Å². The van der Waals surface area contributed by atoms with Crippen LogP contribution in [0.15, 0.2) is 37.3 Å². The van der Waals surface area contributed by atoms with Crippen LogP contribution in [-0.2, 0) is 11.8 Å². The van der Waals surface area contributed by atoms with Crippen LogP contribution in [0, 0.1) is 0 Å². The van der Waals surface area contributed by atoms with E-state index in [1.54, 1.807) is 4.90 Å². The van der Waals surface area contributed by atoms with Gasteiger partial charge in [-0.2, -0.15) is 0 Å². The van der Waals surface area contributed by atoms with Crippen molar-refractivity contribution in [2.24, 2.45) is 12.8 Å². The molecule has 1 saturated heterocycles. The second-order valence-electron chi connectivity index (χ2n) is 6.52. The normalized spacial score (nSPS) is 19.0. The van der Waals surface area contributed by atoms with Crippen molar-refractivity contribution < 1.29 is 9.59 Å². The molecule has 0 aliphatic carbocycles. The van der Waals surface area contributed by atoms with Gasteiger partial charge < -0.3 is 25.8 Å². The summed E-state index contributed by atoms with van der Waals surface area (Å²) in [5, 5.41) is 6.37. The number of nitrogens with zero attached hydrogens (tertiary/aromatic N) is 4. The molecule has 2 aromatic heterocycles. The molecule has 1 fully saturated rings. The molecule has 3 heterocycles. The predicted octanol–water partition coefficient (Wildman–Crippen LogP) is 1.24. The van der Waals surface area contributed by atoms with E-state index in [2.05, 4.69) is 27.2 Å². The fourth-order valence-corrected chi connectivity index (χ4v) is 3.19. The van der Waals surface area contributed by atoms with Crippen LogP contribution in [0.25, 0.3) is 0 Å². The minimum Gasteiger partial charge on any atom is -0.364 e. The zero-order chi connectivity index (χ0) is 19.6. The van der Waals surface area contributed by atoms with Crippen LogP contribution in [0.4, 0.5) is 17.3 Å². The fourth-order valence-electron chi connectivity index (χ4n) is 3.19. The van der Waals surface area contributed by atoms with Gasteiger partial charge in [-0.05, 0) is 25.5 Å². The molecule has 9 nitrogen and oxygen atoms in total. The molecule has 1 aliphatic rings. The van der Waals surface area contributed by atoms with Crippen molar-refractivity contribution in [1.82, 2.24) is 19.4 Å². The van der Waals surface area contributed by atoms with E-state index in [1.807, 2.05) is 37.0 Å². The Morgan fingerprint density at radius 1 is 1.44 bits per heavy atom. The first-order chi connectivity index (χ1) is 12.9. The number of carbonyl (C=O) groups is 2. The summed E-state index contributed by atoms with van der Waals surface area (Å²) in [7, 11) is 1.89. The van der Waals surface area contributed by atoms with Crippen molar-refractivity contribution in [2.45, 2.75) is 25.4 Å². The van der Waals surface area contributed by atoms with Gasteiger partial charge in [0, 0.05) is 38.1 Å². The summed E-state index contributed by atoms with van der Waals surface area (Å²) in [6.07, 6.45) is 7.29. The second-order valence-corrected chi connectivity index (χ2v) is 6.52. The van der Waals surface area contributed by atoms with Gasteiger partial charge in [-0.1, -0.05) is 6.58 Å². The van der Waals surface area contributed by atoms with Crippen LogP contribution in [-0.4, -0.2) is 49.9 Å². The molecule has 0 spiro atoms. The van der Waals surface area contributed by atoms with Gasteiger partial charge in [-0.15, -0.1) is 0 Å². The van der Waals surface area contributed by atoms with E-state index in [1.165, 1.54) is 12.3 Å². The number of likely N-dealkylation sites (tertiary alicyclic amines) is 1. The van der Waals surface area contributed by atoms with Crippen LogP contribution in [0.1, 0.15) is 23.8 Å². The Morgan fingerprint density at radius 2 is 2.22 bits per heavy atom. The van der Waals surface area contributed by atoms with E-state index in [-0.39, 0.29) is 29.5 Å². The van der Waals surface area contributed by atoms with E-state index >= 15 is 0 Å². The van der Waals surface area contributed by atoms with Gasteiger partial charge in [0.15, 0.2) is 11.5 Å². The topological polar surface area (TPSA) is 118 Å². The van der Waals surface area contributed by atoms with Crippen molar-refractivity contribution in [3.63, 3.8) is 0 Å². The number of carbonyl (C=O) groups excluding carboxylic acids is 2. The molecule has 9 heteroatoms. The first-order valence-corrected chi connectivity index (χ1v) is 8.64. The summed E-state index contributed by atoms with van der Waals surface area (Å²) in [4.78, 5) is 34.0. The van der Waals surface area contributed by atoms with Crippen LogP contribution >= 0.6 is 0 Å². The highest BCUT2D eigenvalue weighted by atomic mass is 16.2. The summed E-state index contributed by atoms with van der Waals surface area (Å²) < 4.78 is 1.87. The number of hydrogen-bond acceptors (Lipinski definition) is 6. The van der Waals surface area contributed by atoms with E-state index in [9.17, 15) is 9.59 Å². The largest absolute Gasteiger partial charge is 0.364 e. The highest BCUT2D eigenvalue weighted by molar-refractivity contribution is 5.96. The molecule has 0 unspecified atom stereocenters. The number of nitrogens with one attached hydrogen (secondary N) is 2. The summed E-state index contributed by atoms with van der Waals surface area (Å²) >= 11 is 0. The maximum Gasteiger partial charge on any atom is 0.271 e. The van der Waals surface area contributed by atoms with Gasteiger partial charge in [0.05, 0.1) is 11.9 Å². The number of amides is 2. The van der Waals surface area contributed by atoms with Gasteiger partial charge in [0.2, 0.25) is 5.91 Å². The Kier molecular flexibility index (Phi) is 5.11. The SMILES string of the molecule is C=CC(=O)N1CC[C@@H](Nc2cnc(C(N)=O)c(Nc3ccn(C)c3)n2)[C@H]1C. The van der Waals surface area contributed by atoms with Gasteiger partial charge in [0.25, 0.3) is 5.91 Å². The number of primary amides is 1. The highest BCUT2D eigenvalue weighted by Crippen LogP contribution is 2.24. The minimum atomic E-state index is -0.663. The second kappa shape index (κ2) is 7.48. The molecule has 27 heavy (non-hydrogen) atoms. The number of anilines is 3. The van der Waals surface area contributed by atoms with E-state index in [4.69, 9.17) is 5.73 Å². The molecule has 2 atom stereocenters. The van der Waals surface area contributed by atoms with Crippen LogP contribution in [0.2, 0.25) is 0 Å². The molecule has 1 aliphatic heterocycles. The molecule has 142 valence electrons. The maximum atomic E-state index is 11.9. The van der Waals surface area contributed by atoms with Crippen LogP contribution in [0.3, 0.4) is 0 Å². The lowest BCUT2D eigenvalue weighted by Gasteiger charge is -2.24. The molecule has 2 amide bonds. The number of aromatic nitrogens is 3. The zero-order valence-corrected chi connectivity index (χ0v) is 15.3. The smallest absolute Gasteiger partial charge is 0.271 e. The van der Waals surface area contributed by atoms with Crippen molar-refractivity contribution in [3.8, 4) is 0 Å². The lowest BCUT2D eigenvalue weighted by atomic mass is 10.1. The third kappa shape index (κ3) is 3.91. The number of nitrogens with two attached hydrogens (primary N) is 1. The quantitative estimate of drug-likeness (QED) is 0.660. The van der Waals surface area contributed by atoms with E-state index in [0.717, 1.165) is 12.1 Å². The first-order valence-electron chi connectivity index (χ1n) is 8.64. The summed E-state index contributed by atoms with van der Waals surface area (Å²) in [6, 6.07) is 1.86. The predicted molar refractivity (Wildman–Crippen MR) is 103 cm³/mol. The van der Waals surface area contributed by atoms with Crippen molar-refractivity contribution in [2.75, 3.05) is 17.2 Å². The standard InChI is InChI=1S/C18H23N7O2/c1-4-15(26)25-8-6-13(11(25)2)22-14-9-20-16(17(19)27)18(23-14)21-12-5-7-24(3)10-12/h4-5,7,9-11,13H,1,6,8H2,2-3H3,(H2,19,27)(H2,21,22,23)/t11-,13-/m1/s1. The minimum absolute atomic E-state index is 0.0151. The van der Waals surface area contributed by atoms with E-state index < -0.39 is 5.91 Å². The van der Waals surface area contributed by atoms with Gasteiger partial charge in [-0.25, -0.2) is 9.97 Å². The first kappa shape index (κ1) is 18.4. The van der Waals surface area contributed by atoms with Crippen molar-refractivity contribution in [1.29, 1.82) is 0 Å². The molecule has 0 bridgehead atoms. The fraction of sp³-hybridized carbons (Fsp3) is 0.333. The maximum absolute atomic E-state index is 11.9. The third-order valence-electron chi connectivity index (χ3n) is 4.65. The molecule has 0 saturated carbocycles. The van der Waals surface area contributed by atoms with Crippen LogP contribution < -0.4 is 16.4 Å². The average Bonchev–Trinajstić information content (AvgIpc) is 3.20. The molecular weight excluding hydrogens is 346 g/mol. The summed E-state index contributed by atoms with van der Waals surface area (Å²) in [5.74, 6) is 0.0319. The lowest BCUT2D eigenvalue weighted by molar-refractivity contribution is -0.126. The Bertz CT molecular complexity index is 876. The van der Waals surface area contributed by atoms with Crippen molar-refractivity contribution >= 4 is 29.1 Å². The van der Waals surface area contributed by atoms with Gasteiger partial charge >= 0.3 is 0 Å². The summed E-state index contributed by atoms with van der Waals surface area (Å²) in [6.45, 7) is 6.16. The molecule has 2 aromatic rings. The van der Waals surface area contributed by atoms with Gasteiger partial charge in [0.1, 0.15) is 5.82 Å². The Labute approximate surface area is 157 Å². The average molecular weight is 369 g/mol. The third-order valence-corrected chi connectivity index (χ3v) is 4.65. The summed E-state index contributed by atoms with van der Waals surface area (Å²) in [5.41, 5.74) is 6.24. The number of rotatable bonds is 6. The highest BCUT2D eigenvalue weighted by Gasteiger charge is 2.33. The molecule has 0 radical (unpaired) electrons. The van der Waals surface area contributed by atoms with Gasteiger partial charge in [-0.3, -0.25) is 9.59 Å². The Balaban J connectivity index is 1.80. The monoisotopic (exact) mass is 369 g/mol.